The van der Waals surface area contributed by atoms with Gasteiger partial charge in [-0.3, -0.25) is 14.9 Å². The molecule has 30 heavy (non-hydrogen) atoms. The molecular formula is C19H13F4N5O2. The lowest BCUT2D eigenvalue weighted by molar-refractivity contribution is -0.137. The predicted molar refractivity (Wildman–Crippen MR) is 95.5 cm³/mol. The summed E-state index contributed by atoms with van der Waals surface area (Å²) in [4.78, 5) is 36.9. The van der Waals surface area contributed by atoms with Crippen molar-refractivity contribution in [2.45, 2.75) is 24.2 Å². The molecule has 2 amide bonds. The van der Waals surface area contributed by atoms with Crippen LogP contribution in [0.4, 0.5) is 29.2 Å². The van der Waals surface area contributed by atoms with Crippen molar-refractivity contribution in [3.05, 3.63) is 58.7 Å². The number of carbonyl (C=O) groups is 2. The van der Waals surface area contributed by atoms with E-state index in [-0.39, 0.29) is 35.7 Å². The van der Waals surface area contributed by atoms with Crippen molar-refractivity contribution in [1.29, 1.82) is 0 Å². The Labute approximate surface area is 167 Å². The van der Waals surface area contributed by atoms with Crippen molar-refractivity contribution in [2.75, 3.05) is 18.4 Å². The first-order chi connectivity index (χ1) is 14.1. The molecule has 1 aliphatic heterocycles. The smallest absolute Gasteiger partial charge is 0.328 e. The van der Waals surface area contributed by atoms with Crippen LogP contribution in [0.5, 0.6) is 0 Å². The molecule has 2 atom stereocenters. The van der Waals surface area contributed by atoms with Crippen LogP contribution in [0.1, 0.15) is 27.9 Å². The molecule has 2 aliphatic rings. The van der Waals surface area contributed by atoms with Crippen LogP contribution in [-0.4, -0.2) is 45.9 Å². The molecule has 0 unspecified atom stereocenters. The maximum Gasteiger partial charge on any atom is 0.416 e. The van der Waals surface area contributed by atoms with Gasteiger partial charge in [0.15, 0.2) is 0 Å². The third-order valence-electron chi connectivity index (χ3n) is 5.21. The minimum atomic E-state index is -4.61. The highest BCUT2D eigenvalue weighted by Gasteiger charge is 2.61. The number of fused-ring (bicyclic) bond motifs is 2. The number of hydrogen-bond donors (Lipinski definition) is 1. The van der Waals surface area contributed by atoms with Gasteiger partial charge in [0.25, 0.3) is 5.91 Å². The molecule has 7 nitrogen and oxygen atoms in total. The number of nitrogens with one attached hydrogen (secondary N) is 1. The second kappa shape index (κ2) is 6.76. The number of hydrogen-bond acceptors (Lipinski definition) is 4. The fraction of sp³-hybridized carbons (Fsp3) is 0.316. The number of amides is 2. The molecular weight excluding hydrogens is 406 g/mol. The SMILES string of the molecule is [C-]#[N+]c1cnc(NC(=O)CN2C[C@]3(C[C@H]3F)c3cc(C(F)(F)F)ccc3C2=O)nc1. The van der Waals surface area contributed by atoms with Crippen molar-refractivity contribution >= 4 is 23.5 Å². The topological polar surface area (TPSA) is 79.5 Å². The number of carbonyl (C=O) groups excluding carboxylic acids is 2. The summed E-state index contributed by atoms with van der Waals surface area (Å²) in [5, 5.41) is 2.37. The fourth-order valence-corrected chi connectivity index (χ4v) is 3.60. The lowest BCUT2D eigenvalue weighted by atomic mass is 9.85. The van der Waals surface area contributed by atoms with Gasteiger partial charge in [-0.25, -0.2) is 19.2 Å². The average molecular weight is 419 g/mol. The Morgan fingerprint density at radius 1 is 1.33 bits per heavy atom. The lowest BCUT2D eigenvalue weighted by Crippen LogP contribution is -2.47. The first-order valence-electron chi connectivity index (χ1n) is 8.78. The summed E-state index contributed by atoms with van der Waals surface area (Å²) in [5.74, 6) is -1.38. The lowest BCUT2D eigenvalue weighted by Gasteiger charge is -2.34. The Kier molecular flexibility index (Phi) is 4.45. The maximum absolute atomic E-state index is 14.3. The molecule has 1 fully saturated rings. The maximum atomic E-state index is 14.3. The molecule has 1 aliphatic carbocycles. The van der Waals surface area contributed by atoms with Gasteiger partial charge in [-0.1, -0.05) is 0 Å². The van der Waals surface area contributed by atoms with Crippen LogP contribution in [0.3, 0.4) is 0 Å². The number of alkyl halides is 4. The van der Waals surface area contributed by atoms with Gasteiger partial charge in [0.1, 0.15) is 12.7 Å². The summed E-state index contributed by atoms with van der Waals surface area (Å²) < 4.78 is 53.4. The third kappa shape index (κ3) is 3.34. The van der Waals surface area contributed by atoms with Gasteiger partial charge in [-0.15, -0.1) is 0 Å². The Hall–Kier alpha value is -3.55. The zero-order valence-electron chi connectivity index (χ0n) is 15.2. The normalized spacial score (nSPS) is 22.4. The van der Waals surface area contributed by atoms with E-state index in [2.05, 4.69) is 20.1 Å². The molecule has 0 radical (unpaired) electrons. The minimum absolute atomic E-state index is 0.0199. The van der Waals surface area contributed by atoms with E-state index in [1.807, 2.05) is 0 Å². The Balaban J connectivity index is 1.56. The highest BCUT2D eigenvalue weighted by Crippen LogP contribution is 2.55. The molecule has 4 rings (SSSR count). The van der Waals surface area contributed by atoms with E-state index in [0.29, 0.717) is 0 Å². The van der Waals surface area contributed by atoms with E-state index in [4.69, 9.17) is 6.57 Å². The average Bonchev–Trinajstić information content (AvgIpc) is 3.35. The molecule has 1 N–H and O–H groups in total. The van der Waals surface area contributed by atoms with Gasteiger partial charge in [0.05, 0.1) is 12.1 Å². The number of rotatable bonds is 3. The zero-order valence-corrected chi connectivity index (χ0v) is 15.2. The van der Waals surface area contributed by atoms with E-state index in [0.717, 1.165) is 23.1 Å². The second-order valence-corrected chi connectivity index (χ2v) is 7.17. The largest absolute Gasteiger partial charge is 0.416 e. The fourth-order valence-electron chi connectivity index (χ4n) is 3.60. The summed E-state index contributed by atoms with van der Waals surface area (Å²) in [6, 6.07) is 2.64. The van der Waals surface area contributed by atoms with Crippen molar-refractivity contribution in [3.63, 3.8) is 0 Å². The van der Waals surface area contributed by atoms with Crippen LogP contribution in [-0.2, 0) is 16.4 Å². The Morgan fingerprint density at radius 2 is 2.00 bits per heavy atom. The van der Waals surface area contributed by atoms with E-state index in [1.54, 1.807) is 0 Å². The van der Waals surface area contributed by atoms with Gasteiger partial charge < -0.3 is 4.90 Å². The molecule has 1 aromatic heterocycles. The first kappa shape index (κ1) is 19.8. The number of benzene rings is 1. The van der Waals surface area contributed by atoms with E-state index >= 15 is 0 Å². The zero-order chi connectivity index (χ0) is 21.7. The monoisotopic (exact) mass is 419 g/mol. The molecule has 2 heterocycles. The summed E-state index contributed by atoms with van der Waals surface area (Å²) in [7, 11) is 0. The van der Waals surface area contributed by atoms with Gasteiger partial charge in [-0.2, -0.15) is 13.2 Å². The summed E-state index contributed by atoms with van der Waals surface area (Å²) in [6.07, 6.45) is -3.61. The van der Waals surface area contributed by atoms with Crippen LogP contribution in [0, 0.1) is 6.57 Å². The molecule has 0 bridgehead atoms. The molecule has 1 saturated carbocycles. The predicted octanol–water partition coefficient (Wildman–Crippen LogP) is 3.12. The van der Waals surface area contributed by atoms with Crippen LogP contribution >= 0.6 is 0 Å². The molecule has 154 valence electrons. The van der Waals surface area contributed by atoms with Crippen molar-refractivity contribution < 1.29 is 27.2 Å². The summed E-state index contributed by atoms with van der Waals surface area (Å²) >= 11 is 0. The van der Waals surface area contributed by atoms with Crippen molar-refractivity contribution in [2.24, 2.45) is 0 Å². The van der Waals surface area contributed by atoms with Gasteiger partial charge in [0, 0.05) is 29.9 Å². The van der Waals surface area contributed by atoms with E-state index in [9.17, 15) is 27.2 Å². The third-order valence-corrected chi connectivity index (χ3v) is 5.21. The molecule has 1 aromatic carbocycles. The van der Waals surface area contributed by atoms with Gasteiger partial charge >= 0.3 is 6.18 Å². The highest BCUT2D eigenvalue weighted by atomic mass is 19.4. The minimum Gasteiger partial charge on any atom is -0.328 e. The van der Waals surface area contributed by atoms with Gasteiger partial charge in [0.2, 0.25) is 17.5 Å². The Morgan fingerprint density at radius 3 is 2.57 bits per heavy atom. The van der Waals surface area contributed by atoms with E-state index < -0.39 is 41.7 Å². The first-order valence-corrected chi connectivity index (χ1v) is 8.78. The number of nitrogens with zero attached hydrogens (tertiary/aromatic N) is 4. The number of anilines is 1. The van der Waals surface area contributed by atoms with Gasteiger partial charge in [-0.05, 0) is 30.2 Å². The van der Waals surface area contributed by atoms with Crippen LogP contribution in [0.2, 0.25) is 0 Å². The van der Waals surface area contributed by atoms with E-state index in [1.165, 1.54) is 12.4 Å². The second-order valence-electron chi connectivity index (χ2n) is 7.17. The number of halogens is 4. The Bertz CT molecular complexity index is 1080. The van der Waals surface area contributed by atoms with Crippen LogP contribution < -0.4 is 5.32 Å². The summed E-state index contributed by atoms with van der Waals surface area (Å²) in [6.45, 7) is 6.19. The quantitative estimate of drug-likeness (QED) is 0.613. The summed E-state index contributed by atoms with van der Waals surface area (Å²) in [5.41, 5.74) is -2.01. The molecule has 2 aromatic rings. The molecule has 1 spiro atoms. The van der Waals surface area contributed by atoms with Crippen LogP contribution in [0.15, 0.2) is 30.6 Å². The standard InChI is InChI=1S/C19H13F4N5O2/c1-24-11-6-25-17(26-7-11)27-15(29)8-28-9-18(5-14(18)20)13-4-10(19(21,22)23)2-3-12(13)16(28)30/h2-4,6-7,14H,5,8-9H2,(H,25,26,27,29)/t14-,18-/m1/s1. The van der Waals surface area contributed by atoms with Crippen molar-refractivity contribution in [3.8, 4) is 0 Å². The molecule has 0 saturated heterocycles. The highest BCUT2D eigenvalue weighted by molar-refractivity contribution is 6.01. The van der Waals surface area contributed by atoms with Crippen molar-refractivity contribution in [1.82, 2.24) is 14.9 Å². The number of aromatic nitrogens is 2. The van der Waals surface area contributed by atoms with Crippen LogP contribution in [0.25, 0.3) is 4.85 Å². The molecule has 11 heteroatoms.